The van der Waals surface area contributed by atoms with Crippen LogP contribution >= 0.6 is 11.6 Å². The molecule has 108 valence electrons. The van der Waals surface area contributed by atoms with Crippen molar-refractivity contribution in [2.75, 3.05) is 13.1 Å². The third-order valence-electron chi connectivity index (χ3n) is 3.98. The first-order valence-corrected chi connectivity index (χ1v) is 7.30. The molecule has 0 amide bonds. The number of halogens is 1. The predicted molar refractivity (Wildman–Crippen MR) is 76.5 cm³/mol. The van der Waals surface area contributed by atoms with E-state index in [1.165, 1.54) is 12.0 Å². The average Bonchev–Trinajstić information content (AvgIpc) is 3.10. The molecule has 1 unspecified atom stereocenters. The molecule has 2 aromatic heterocycles. The fourth-order valence-electron chi connectivity index (χ4n) is 3.02. The van der Waals surface area contributed by atoms with E-state index in [0.717, 1.165) is 36.9 Å². The fraction of sp³-hybridized carbons (Fsp3) is 0.615. The Morgan fingerprint density at radius 2 is 2.25 bits per heavy atom. The molecular weight excluding hydrogens is 276 g/mol. The SMILES string of the molecule is Cc1nn(C)c(Cl)c1C1CCCN1CCn1cncn1. The molecule has 1 fully saturated rings. The highest BCUT2D eigenvalue weighted by Gasteiger charge is 2.30. The van der Waals surface area contributed by atoms with Gasteiger partial charge in [-0.3, -0.25) is 14.3 Å². The Hall–Kier alpha value is -1.40. The molecule has 20 heavy (non-hydrogen) atoms. The van der Waals surface area contributed by atoms with Gasteiger partial charge in [0.05, 0.1) is 12.2 Å². The van der Waals surface area contributed by atoms with E-state index in [0.29, 0.717) is 6.04 Å². The fourth-order valence-corrected chi connectivity index (χ4v) is 3.33. The van der Waals surface area contributed by atoms with Crippen molar-refractivity contribution in [3.05, 3.63) is 29.1 Å². The summed E-state index contributed by atoms with van der Waals surface area (Å²) < 4.78 is 3.63. The highest BCUT2D eigenvalue weighted by Crippen LogP contribution is 2.37. The zero-order chi connectivity index (χ0) is 14.1. The van der Waals surface area contributed by atoms with Crippen LogP contribution in [0.25, 0.3) is 0 Å². The van der Waals surface area contributed by atoms with Crippen molar-refractivity contribution >= 4 is 11.6 Å². The molecule has 0 bridgehead atoms. The van der Waals surface area contributed by atoms with Gasteiger partial charge >= 0.3 is 0 Å². The Balaban J connectivity index is 1.75. The van der Waals surface area contributed by atoms with Crippen LogP contribution < -0.4 is 0 Å². The molecular formula is C13H19ClN6. The summed E-state index contributed by atoms with van der Waals surface area (Å²) >= 11 is 6.41. The summed E-state index contributed by atoms with van der Waals surface area (Å²) in [6.45, 7) is 4.95. The van der Waals surface area contributed by atoms with Crippen LogP contribution in [0, 0.1) is 6.92 Å². The Morgan fingerprint density at radius 3 is 2.90 bits per heavy atom. The summed E-state index contributed by atoms with van der Waals surface area (Å²) in [5.74, 6) is 0. The zero-order valence-corrected chi connectivity index (χ0v) is 12.6. The monoisotopic (exact) mass is 294 g/mol. The minimum Gasteiger partial charge on any atom is -0.294 e. The first-order valence-electron chi connectivity index (χ1n) is 6.92. The summed E-state index contributed by atoms with van der Waals surface area (Å²) in [5, 5.41) is 9.34. The second-order valence-electron chi connectivity index (χ2n) is 5.27. The van der Waals surface area contributed by atoms with Gasteiger partial charge in [-0.05, 0) is 26.3 Å². The zero-order valence-electron chi connectivity index (χ0n) is 11.8. The summed E-state index contributed by atoms with van der Waals surface area (Å²) in [6.07, 6.45) is 5.67. The van der Waals surface area contributed by atoms with E-state index in [9.17, 15) is 0 Å². The van der Waals surface area contributed by atoms with Gasteiger partial charge in [-0.2, -0.15) is 10.2 Å². The molecule has 1 aliphatic heterocycles. The number of likely N-dealkylation sites (tertiary alicyclic amines) is 1. The number of aromatic nitrogens is 5. The van der Waals surface area contributed by atoms with Crippen molar-refractivity contribution < 1.29 is 0 Å². The van der Waals surface area contributed by atoms with Crippen molar-refractivity contribution in [3.8, 4) is 0 Å². The largest absolute Gasteiger partial charge is 0.294 e. The van der Waals surface area contributed by atoms with Crippen molar-refractivity contribution in [1.82, 2.24) is 29.4 Å². The number of nitrogens with zero attached hydrogens (tertiary/aromatic N) is 6. The van der Waals surface area contributed by atoms with Crippen molar-refractivity contribution in [2.45, 2.75) is 32.4 Å². The Labute approximate surface area is 123 Å². The van der Waals surface area contributed by atoms with Gasteiger partial charge in [-0.15, -0.1) is 0 Å². The maximum absolute atomic E-state index is 6.41. The highest BCUT2D eigenvalue weighted by molar-refractivity contribution is 6.30. The standard InChI is InChI=1S/C13H19ClN6/c1-10-12(13(14)18(2)17-10)11-4-3-5-19(11)6-7-20-9-15-8-16-20/h8-9,11H,3-7H2,1-2H3. The Morgan fingerprint density at radius 1 is 1.40 bits per heavy atom. The quantitative estimate of drug-likeness (QED) is 0.863. The third-order valence-corrected chi connectivity index (χ3v) is 4.42. The second-order valence-corrected chi connectivity index (χ2v) is 5.62. The van der Waals surface area contributed by atoms with Crippen LogP contribution in [0.1, 0.15) is 30.1 Å². The van der Waals surface area contributed by atoms with Gasteiger partial charge in [0.1, 0.15) is 17.8 Å². The van der Waals surface area contributed by atoms with E-state index >= 15 is 0 Å². The Bertz CT molecular complexity index is 576. The first-order chi connectivity index (χ1) is 9.66. The summed E-state index contributed by atoms with van der Waals surface area (Å²) in [4.78, 5) is 6.44. The van der Waals surface area contributed by atoms with Crippen molar-refractivity contribution in [3.63, 3.8) is 0 Å². The van der Waals surface area contributed by atoms with E-state index in [-0.39, 0.29) is 0 Å². The average molecular weight is 295 g/mol. The number of hydrogen-bond acceptors (Lipinski definition) is 4. The molecule has 0 radical (unpaired) electrons. The normalized spacial score (nSPS) is 19.9. The highest BCUT2D eigenvalue weighted by atomic mass is 35.5. The lowest BCUT2D eigenvalue weighted by molar-refractivity contribution is 0.242. The second kappa shape index (κ2) is 5.54. The molecule has 2 aromatic rings. The molecule has 1 saturated heterocycles. The van der Waals surface area contributed by atoms with Crippen molar-refractivity contribution in [1.29, 1.82) is 0 Å². The molecule has 0 aliphatic carbocycles. The van der Waals surface area contributed by atoms with Crippen molar-refractivity contribution in [2.24, 2.45) is 7.05 Å². The van der Waals surface area contributed by atoms with Gasteiger partial charge < -0.3 is 0 Å². The van der Waals surface area contributed by atoms with Gasteiger partial charge in [0, 0.05) is 25.2 Å². The predicted octanol–water partition coefficient (Wildman–Crippen LogP) is 1.81. The molecule has 6 nitrogen and oxygen atoms in total. The topological polar surface area (TPSA) is 51.8 Å². The minimum atomic E-state index is 0.375. The van der Waals surface area contributed by atoms with Gasteiger partial charge in [0.15, 0.2) is 0 Å². The number of rotatable bonds is 4. The molecule has 0 saturated carbocycles. The maximum Gasteiger partial charge on any atom is 0.137 e. The molecule has 0 spiro atoms. The van der Waals surface area contributed by atoms with Gasteiger partial charge in [0.2, 0.25) is 0 Å². The van der Waals surface area contributed by atoms with Crippen LogP contribution in [0.2, 0.25) is 5.15 Å². The third kappa shape index (κ3) is 2.45. The Kier molecular flexibility index (Phi) is 3.76. The van der Waals surface area contributed by atoms with Crippen LogP contribution in [-0.4, -0.2) is 42.5 Å². The van der Waals surface area contributed by atoms with Crippen LogP contribution in [0.15, 0.2) is 12.7 Å². The first kappa shape index (κ1) is 13.6. The lowest BCUT2D eigenvalue weighted by atomic mass is 10.1. The minimum absolute atomic E-state index is 0.375. The van der Waals surface area contributed by atoms with E-state index in [4.69, 9.17) is 11.6 Å². The molecule has 7 heteroatoms. The van der Waals surface area contributed by atoms with Gasteiger partial charge in [-0.25, -0.2) is 4.98 Å². The van der Waals surface area contributed by atoms with E-state index in [1.54, 1.807) is 17.3 Å². The van der Waals surface area contributed by atoms with Gasteiger partial charge in [0.25, 0.3) is 0 Å². The summed E-state index contributed by atoms with van der Waals surface area (Å²) in [7, 11) is 1.90. The van der Waals surface area contributed by atoms with Crippen LogP contribution in [-0.2, 0) is 13.6 Å². The van der Waals surface area contributed by atoms with E-state index in [1.807, 2.05) is 18.7 Å². The lowest BCUT2D eigenvalue weighted by Crippen LogP contribution is -2.27. The lowest BCUT2D eigenvalue weighted by Gasteiger charge is -2.24. The van der Waals surface area contributed by atoms with E-state index in [2.05, 4.69) is 20.1 Å². The molecule has 3 heterocycles. The molecule has 1 aliphatic rings. The van der Waals surface area contributed by atoms with Crippen LogP contribution in [0.5, 0.6) is 0 Å². The number of hydrogen-bond donors (Lipinski definition) is 0. The molecule has 0 aromatic carbocycles. The molecule has 3 rings (SSSR count). The summed E-state index contributed by atoms with van der Waals surface area (Å²) in [5.41, 5.74) is 2.22. The van der Waals surface area contributed by atoms with Gasteiger partial charge in [-0.1, -0.05) is 11.6 Å². The van der Waals surface area contributed by atoms with Crippen LogP contribution in [0.4, 0.5) is 0 Å². The van der Waals surface area contributed by atoms with E-state index < -0.39 is 0 Å². The maximum atomic E-state index is 6.41. The number of aryl methyl sites for hydroxylation is 2. The smallest absolute Gasteiger partial charge is 0.137 e. The molecule has 0 N–H and O–H groups in total. The summed E-state index contributed by atoms with van der Waals surface area (Å²) in [6, 6.07) is 0.375. The van der Waals surface area contributed by atoms with Crippen LogP contribution in [0.3, 0.4) is 0 Å². The molecule has 1 atom stereocenters.